The molecule has 2 heterocycles. The molecule has 1 fully saturated rings. The predicted octanol–water partition coefficient (Wildman–Crippen LogP) is 7.33. The number of nitrogens with zero attached hydrogens (tertiary/aromatic N) is 4. The zero-order chi connectivity index (χ0) is 36.9. The molecule has 11 heteroatoms. The van der Waals surface area contributed by atoms with Crippen molar-refractivity contribution in [3.63, 3.8) is 0 Å². The number of ether oxygens (including phenoxy) is 1. The first-order valence-electron chi connectivity index (χ1n) is 16.3. The zero-order valence-electron chi connectivity index (χ0n) is 28.2. The van der Waals surface area contributed by atoms with Crippen LogP contribution in [0.3, 0.4) is 0 Å². The molecule has 10 nitrogen and oxygen atoms in total. The fourth-order valence-electron chi connectivity index (χ4n) is 5.83. The van der Waals surface area contributed by atoms with Crippen molar-refractivity contribution in [1.82, 2.24) is 4.98 Å². The maximum atomic E-state index is 13.6. The average molecular weight is 706 g/mol. The van der Waals surface area contributed by atoms with Crippen molar-refractivity contribution in [2.45, 2.75) is 36.5 Å². The average Bonchev–Trinajstić information content (AvgIpc) is 3.45. The van der Waals surface area contributed by atoms with Gasteiger partial charge in [0.2, 0.25) is 11.8 Å². The highest BCUT2D eigenvalue weighted by atomic mass is 32.2. The summed E-state index contributed by atoms with van der Waals surface area (Å²) >= 11 is 0.937. The van der Waals surface area contributed by atoms with Crippen molar-refractivity contribution < 1.29 is 23.9 Å². The lowest BCUT2D eigenvalue weighted by molar-refractivity contribution is -0.121. The number of carbonyl (C=O) groups is 4. The number of imide groups is 1. The topological polar surface area (TPSA) is 167 Å². The molecule has 6 rings (SSSR count). The molecule has 0 saturated carbocycles. The second-order valence-electron chi connectivity index (χ2n) is 12.3. The molecule has 0 radical (unpaired) electrons. The van der Waals surface area contributed by atoms with Crippen molar-refractivity contribution in [2.24, 2.45) is 0 Å². The number of pyridine rings is 1. The molecule has 256 valence electrons. The first-order valence-corrected chi connectivity index (χ1v) is 17.2. The summed E-state index contributed by atoms with van der Waals surface area (Å²) in [5.74, 6) is -1.94. The van der Waals surface area contributed by atoms with E-state index < -0.39 is 29.6 Å². The first-order chi connectivity index (χ1) is 25.1. The van der Waals surface area contributed by atoms with Crippen molar-refractivity contribution in [3.05, 3.63) is 131 Å². The number of benzene rings is 4. The summed E-state index contributed by atoms with van der Waals surface area (Å²) in [6.45, 7) is 3.65. The third-order valence-electron chi connectivity index (χ3n) is 8.65. The second kappa shape index (κ2) is 15.1. The minimum Gasteiger partial charge on any atom is -0.454 e. The van der Waals surface area contributed by atoms with E-state index in [-0.39, 0.29) is 51.3 Å². The van der Waals surface area contributed by atoms with E-state index in [1.807, 2.05) is 66.7 Å². The van der Waals surface area contributed by atoms with Gasteiger partial charge in [-0.05, 0) is 52.4 Å². The molecule has 1 atom stereocenters. The smallest absolute Gasteiger partial charge is 0.338 e. The van der Waals surface area contributed by atoms with E-state index in [1.165, 1.54) is 24.3 Å². The number of rotatable bonds is 10. The van der Waals surface area contributed by atoms with Gasteiger partial charge in [0.05, 0.1) is 22.1 Å². The first kappa shape index (κ1) is 35.3. The molecule has 1 saturated heterocycles. The van der Waals surface area contributed by atoms with E-state index in [4.69, 9.17) is 10.5 Å². The van der Waals surface area contributed by atoms with Crippen LogP contribution >= 0.6 is 11.8 Å². The summed E-state index contributed by atoms with van der Waals surface area (Å²) in [7, 11) is 0. The monoisotopic (exact) mass is 705 g/mol. The van der Waals surface area contributed by atoms with Crippen LogP contribution in [0.4, 0.5) is 11.5 Å². The number of anilines is 2. The van der Waals surface area contributed by atoms with E-state index >= 15 is 0 Å². The van der Waals surface area contributed by atoms with Gasteiger partial charge in [0.1, 0.15) is 28.5 Å². The molecule has 1 aromatic heterocycles. The normalized spacial score (nSPS) is 13.9. The number of Topliss-reactive ketones (excluding diaryl/α,β-unsaturated/α-hetero) is 1. The van der Waals surface area contributed by atoms with E-state index in [9.17, 15) is 29.7 Å². The molecule has 1 unspecified atom stereocenters. The third-order valence-corrected chi connectivity index (χ3v) is 9.82. The zero-order valence-corrected chi connectivity index (χ0v) is 29.0. The number of aromatic nitrogens is 1. The van der Waals surface area contributed by atoms with E-state index in [0.717, 1.165) is 33.4 Å². The van der Waals surface area contributed by atoms with Crippen LogP contribution in [0.15, 0.2) is 108 Å². The predicted molar refractivity (Wildman–Crippen MR) is 197 cm³/mol. The van der Waals surface area contributed by atoms with Gasteiger partial charge in [-0.3, -0.25) is 14.4 Å². The fourth-order valence-corrected chi connectivity index (χ4v) is 6.95. The number of amides is 2. The van der Waals surface area contributed by atoms with Gasteiger partial charge in [0.25, 0.3) is 0 Å². The molecular weight excluding hydrogens is 675 g/mol. The van der Waals surface area contributed by atoms with Crippen LogP contribution in [0.25, 0.3) is 22.3 Å². The van der Waals surface area contributed by atoms with Crippen LogP contribution in [0.5, 0.6) is 0 Å². The van der Waals surface area contributed by atoms with Gasteiger partial charge >= 0.3 is 5.97 Å². The van der Waals surface area contributed by atoms with Crippen LogP contribution in [0.2, 0.25) is 0 Å². The molecule has 0 aliphatic carbocycles. The van der Waals surface area contributed by atoms with Crippen molar-refractivity contribution >= 4 is 46.8 Å². The molecule has 1 aliphatic heterocycles. The Morgan fingerprint density at radius 3 is 2.06 bits per heavy atom. The van der Waals surface area contributed by atoms with Gasteiger partial charge in [0.15, 0.2) is 12.4 Å². The van der Waals surface area contributed by atoms with Crippen LogP contribution < -0.4 is 10.6 Å². The summed E-state index contributed by atoms with van der Waals surface area (Å²) < 4.78 is 5.25. The third kappa shape index (κ3) is 7.17. The molecule has 5 aromatic rings. The highest BCUT2D eigenvalue weighted by molar-refractivity contribution is 8.00. The highest BCUT2D eigenvalue weighted by Crippen LogP contribution is 2.40. The Balaban J connectivity index is 1.13. The number of thioether (sulfide) groups is 1. The van der Waals surface area contributed by atoms with Crippen LogP contribution in [0.1, 0.15) is 63.6 Å². The number of ketones is 1. The van der Waals surface area contributed by atoms with Crippen molar-refractivity contribution in [1.29, 1.82) is 10.5 Å². The van der Waals surface area contributed by atoms with E-state index in [2.05, 4.69) is 31.0 Å². The molecule has 52 heavy (non-hydrogen) atoms. The minimum atomic E-state index is -0.923. The molecule has 2 N–H and O–H groups in total. The highest BCUT2D eigenvalue weighted by Gasteiger charge is 2.41. The maximum Gasteiger partial charge on any atom is 0.338 e. The standard InChI is InChI=1S/C41H31N5O5S/c1-24(2)25-8-14-29(15-9-25)37-32(21-42)38(44)45-39(33(37)22-43)52-35-20-36(48)46(40(35)49)31-18-16-30(17-19-31)41(50)51-23-34(47)28-12-10-27(11-13-28)26-6-4-3-5-7-26/h3-19,24,35H,20,23H2,1-2H3,(H2,44,45). The van der Waals surface area contributed by atoms with Gasteiger partial charge < -0.3 is 10.5 Å². The maximum absolute atomic E-state index is 13.6. The number of nitrogens with two attached hydrogens (primary N) is 1. The fraction of sp³-hybridized carbons (Fsp3) is 0.146. The molecule has 0 spiro atoms. The van der Waals surface area contributed by atoms with Gasteiger partial charge in [-0.15, -0.1) is 0 Å². The summed E-state index contributed by atoms with van der Waals surface area (Å²) in [4.78, 5) is 57.5. The van der Waals surface area contributed by atoms with Crippen molar-refractivity contribution in [2.75, 3.05) is 17.2 Å². The Morgan fingerprint density at radius 2 is 1.44 bits per heavy atom. The number of nitrogen functional groups attached to an aromatic ring is 1. The van der Waals surface area contributed by atoms with Gasteiger partial charge in [-0.25, -0.2) is 14.7 Å². The van der Waals surface area contributed by atoms with Crippen LogP contribution in [0, 0.1) is 22.7 Å². The second-order valence-corrected chi connectivity index (χ2v) is 13.5. The Kier molecular flexibility index (Phi) is 10.3. The van der Waals surface area contributed by atoms with Crippen molar-refractivity contribution in [3.8, 4) is 34.4 Å². The van der Waals surface area contributed by atoms with Gasteiger partial charge in [-0.1, -0.05) is 104 Å². The number of carbonyl (C=O) groups excluding carboxylic acids is 4. The van der Waals surface area contributed by atoms with E-state index in [1.54, 1.807) is 12.1 Å². The Morgan fingerprint density at radius 1 is 0.846 bits per heavy atom. The lowest BCUT2D eigenvalue weighted by atomic mass is 9.94. The number of esters is 1. The van der Waals surface area contributed by atoms with Crippen LogP contribution in [-0.2, 0) is 14.3 Å². The quantitative estimate of drug-likeness (QED) is 0.0883. The van der Waals surface area contributed by atoms with Gasteiger partial charge in [-0.2, -0.15) is 10.5 Å². The number of hydrogen-bond donors (Lipinski definition) is 1. The van der Waals surface area contributed by atoms with Crippen LogP contribution in [-0.4, -0.2) is 40.4 Å². The molecular formula is C41H31N5O5S. The van der Waals surface area contributed by atoms with E-state index in [0.29, 0.717) is 16.7 Å². The summed E-state index contributed by atoms with van der Waals surface area (Å²) in [5, 5.41) is 19.3. The van der Waals surface area contributed by atoms with Gasteiger partial charge in [0, 0.05) is 17.5 Å². The molecule has 1 aliphatic rings. The summed E-state index contributed by atoms with van der Waals surface area (Å²) in [6, 6.07) is 34.1. The summed E-state index contributed by atoms with van der Waals surface area (Å²) in [5.41, 5.74) is 11.0. The lowest BCUT2D eigenvalue weighted by Gasteiger charge is -2.17. The largest absolute Gasteiger partial charge is 0.454 e. The number of nitriles is 2. The Hall–Kier alpha value is -6.56. The lowest BCUT2D eigenvalue weighted by Crippen LogP contribution is -2.31. The Bertz CT molecular complexity index is 2280. The molecule has 0 bridgehead atoms. The molecule has 2 amide bonds. The summed E-state index contributed by atoms with van der Waals surface area (Å²) in [6.07, 6.45) is -0.174. The SMILES string of the molecule is CC(C)c1ccc(-c2c(C#N)c(N)nc(SC3CC(=O)N(c4ccc(C(=O)OCC(=O)c5ccc(-c6ccccc6)cc5)cc4)C3=O)c2C#N)cc1. The molecule has 4 aromatic carbocycles. The Labute approximate surface area is 304 Å². The minimum absolute atomic E-state index is 0.0501. The number of hydrogen-bond acceptors (Lipinski definition) is 10.